The lowest BCUT2D eigenvalue weighted by molar-refractivity contribution is 0.669. The van der Waals surface area contributed by atoms with Crippen molar-refractivity contribution < 1.29 is 4.42 Å². The minimum absolute atomic E-state index is 0.913. The third-order valence-electron chi connectivity index (χ3n) is 8.35. The molecule has 9 aromatic rings. The molecule has 0 aliphatic heterocycles. The van der Waals surface area contributed by atoms with Crippen molar-refractivity contribution in [3.63, 3.8) is 0 Å². The molecule has 0 N–H and O–H groups in total. The fraction of sp³-hybridized carbons (Fsp3) is 0.0270. The summed E-state index contributed by atoms with van der Waals surface area (Å²) in [6.07, 6.45) is 0. The highest BCUT2D eigenvalue weighted by Gasteiger charge is 2.21. The first kappa shape index (κ1) is 21.6. The van der Waals surface area contributed by atoms with Gasteiger partial charge in [0.1, 0.15) is 11.2 Å². The summed E-state index contributed by atoms with van der Waals surface area (Å²) >= 11 is 0. The highest BCUT2D eigenvalue weighted by Crippen LogP contribution is 2.42. The van der Waals surface area contributed by atoms with Crippen molar-refractivity contribution in [2.75, 3.05) is 0 Å². The molecular weight excluding hydrogens is 488 g/mol. The summed E-state index contributed by atoms with van der Waals surface area (Å²) < 4.78 is 11.1. The Bertz CT molecular complexity index is 2440. The molecule has 3 nitrogen and oxygen atoms in total. The highest BCUT2D eigenvalue weighted by atomic mass is 16.3. The molecule has 3 aromatic heterocycles. The van der Waals surface area contributed by atoms with Gasteiger partial charge in [-0.25, -0.2) is 0 Å². The standard InChI is InChI=1S/C37H24N2O/c1-23-15-19-34-29(21-23)30-22-25(16-20-35(30)40-34)39-31-13-7-5-11-26(31)27-17-18-33-36(37(27)39)28-12-6-8-14-32(28)38(33)24-9-3-2-4-10-24/h2-22H,1H3. The Morgan fingerprint density at radius 2 is 1.12 bits per heavy atom. The van der Waals surface area contributed by atoms with E-state index in [4.69, 9.17) is 4.42 Å². The second kappa shape index (κ2) is 7.87. The molecule has 9 rings (SSSR count). The number of furan rings is 1. The minimum atomic E-state index is 0.913. The van der Waals surface area contributed by atoms with E-state index in [2.05, 4.69) is 143 Å². The van der Waals surface area contributed by atoms with Crippen LogP contribution in [0.3, 0.4) is 0 Å². The van der Waals surface area contributed by atoms with Crippen LogP contribution in [0.15, 0.2) is 132 Å². The van der Waals surface area contributed by atoms with Crippen molar-refractivity contribution in [1.29, 1.82) is 0 Å². The van der Waals surface area contributed by atoms with E-state index in [1.54, 1.807) is 0 Å². The van der Waals surface area contributed by atoms with Gasteiger partial charge in [0, 0.05) is 43.7 Å². The van der Waals surface area contributed by atoms with E-state index < -0.39 is 0 Å². The number of fused-ring (bicyclic) bond motifs is 10. The second-order valence-electron chi connectivity index (χ2n) is 10.7. The summed E-state index contributed by atoms with van der Waals surface area (Å²) in [6.45, 7) is 2.13. The van der Waals surface area contributed by atoms with Crippen molar-refractivity contribution in [2.45, 2.75) is 6.92 Å². The Labute approximate surface area is 230 Å². The lowest BCUT2D eigenvalue weighted by atomic mass is 10.1. The number of benzene rings is 6. The normalized spacial score (nSPS) is 12.1. The lowest BCUT2D eigenvalue weighted by Gasteiger charge is -2.10. The summed E-state index contributed by atoms with van der Waals surface area (Å²) in [6, 6.07) is 45.8. The molecule has 0 saturated carbocycles. The van der Waals surface area contributed by atoms with Gasteiger partial charge in [-0.1, -0.05) is 72.3 Å². The van der Waals surface area contributed by atoms with Crippen LogP contribution >= 0.6 is 0 Å². The van der Waals surface area contributed by atoms with Gasteiger partial charge in [0.05, 0.1) is 22.1 Å². The van der Waals surface area contributed by atoms with Crippen LogP contribution in [0.1, 0.15) is 5.56 Å². The van der Waals surface area contributed by atoms with Crippen LogP contribution in [0.25, 0.3) is 76.9 Å². The Kier molecular flexibility index (Phi) is 4.26. The Balaban J connectivity index is 1.48. The second-order valence-corrected chi connectivity index (χ2v) is 10.7. The number of para-hydroxylation sites is 3. The number of aromatic nitrogens is 2. The van der Waals surface area contributed by atoms with E-state index in [9.17, 15) is 0 Å². The molecule has 0 fully saturated rings. The minimum Gasteiger partial charge on any atom is -0.456 e. The van der Waals surface area contributed by atoms with E-state index in [0.717, 1.165) is 33.3 Å². The SMILES string of the molecule is Cc1ccc2oc3ccc(-n4c5ccccc5c5ccc6c(c7ccccc7n6-c6ccccc6)c54)cc3c2c1. The molecule has 40 heavy (non-hydrogen) atoms. The molecule has 0 amide bonds. The summed E-state index contributed by atoms with van der Waals surface area (Å²) in [4.78, 5) is 0. The quantitative estimate of drug-likeness (QED) is 0.226. The maximum atomic E-state index is 6.22. The van der Waals surface area contributed by atoms with Crippen LogP contribution in [0.5, 0.6) is 0 Å². The topological polar surface area (TPSA) is 23.0 Å². The van der Waals surface area contributed by atoms with Crippen LogP contribution in [0, 0.1) is 6.92 Å². The van der Waals surface area contributed by atoms with Gasteiger partial charge in [-0.05, 0) is 67.6 Å². The summed E-state index contributed by atoms with van der Waals surface area (Å²) in [5, 5.41) is 7.32. The monoisotopic (exact) mass is 512 g/mol. The molecule has 3 heterocycles. The van der Waals surface area contributed by atoms with E-state index in [0.29, 0.717) is 0 Å². The number of rotatable bonds is 2. The third-order valence-corrected chi connectivity index (χ3v) is 8.35. The highest BCUT2D eigenvalue weighted by molar-refractivity contribution is 6.26. The maximum Gasteiger partial charge on any atom is 0.135 e. The Morgan fingerprint density at radius 3 is 1.95 bits per heavy atom. The zero-order chi connectivity index (χ0) is 26.4. The van der Waals surface area contributed by atoms with E-state index in [-0.39, 0.29) is 0 Å². The van der Waals surface area contributed by atoms with Gasteiger partial charge in [-0.2, -0.15) is 0 Å². The van der Waals surface area contributed by atoms with Gasteiger partial charge in [0.25, 0.3) is 0 Å². The maximum absolute atomic E-state index is 6.22. The van der Waals surface area contributed by atoms with Crippen LogP contribution in [0.2, 0.25) is 0 Å². The van der Waals surface area contributed by atoms with Crippen LogP contribution in [-0.2, 0) is 0 Å². The Hall–Kier alpha value is -5.28. The fourth-order valence-electron chi connectivity index (χ4n) is 6.65. The first-order valence-electron chi connectivity index (χ1n) is 13.7. The summed E-state index contributed by atoms with van der Waals surface area (Å²) in [5.41, 5.74) is 10.2. The summed E-state index contributed by atoms with van der Waals surface area (Å²) in [7, 11) is 0. The van der Waals surface area contributed by atoms with Gasteiger partial charge in [-0.15, -0.1) is 0 Å². The molecule has 3 heteroatoms. The zero-order valence-electron chi connectivity index (χ0n) is 21.9. The predicted molar refractivity (Wildman–Crippen MR) is 167 cm³/mol. The molecule has 0 saturated heterocycles. The van der Waals surface area contributed by atoms with E-state index >= 15 is 0 Å². The van der Waals surface area contributed by atoms with Gasteiger partial charge >= 0.3 is 0 Å². The smallest absolute Gasteiger partial charge is 0.135 e. The number of hydrogen-bond donors (Lipinski definition) is 0. The number of hydrogen-bond acceptors (Lipinski definition) is 1. The van der Waals surface area contributed by atoms with Crippen molar-refractivity contribution in [2.24, 2.45) is 0 Å². The fourth-order valence-corrected chi connectivity index (χ4v) is 6.65. The summed E-state index contributed by atoms with van der Waals surface area (Å²) in [5.74, 6) is 0. The first-order chi connectivity index (χ1) is 19.8. The van der Waals surface area contributed by atoms with E-state index in [1.165, 1.54) is 49.2 Å². The van der Waals surface area contributed by atoms with Crippen molar-refractivity contribution >= 4 is 65.6 Å². The molecule has 6 aromatic carbocycles. The van der Waals surface area contributed by atoms with Gasteiger partial charge in [0.2, 0.25) is 0 Å². The van der Waals surface area contributed by atoms with Crippen LogP contribution in [0.4, 0.5) is 0 Å². The molecule has 188 valence electrons. The molecule has 0 radical (unpaired) electrons. The number of aryl methyl sites for hydroxylation is 1. The third kappa shape index (κ3) is 2.84. The van der Waals surface area contributed by atoms with Gasteiger partial charge in [-0.3, -0.25) is 0 Å². The molecule has 0 aliphatic rings. The zero-order valence-corrected chi connectivity index (χ0v) is 21.9. The molecule has 0 atom stereocenters. The molecule has 0 bridgehead atoms. The average Bonchev–Trinajstić information content (AvgIpc) is 3.64. The predicted octanol–water partition coefficient (Wildman–Crippen LogP) is 10.1. The lowest BCUT2D eigenvalue weighted by Crippen LogP contribution is -1.95. The van der Waals surface area contributed by atoms with Crippen molar-refractivity contribution in [3.8, 4) is 11.4 Å². The molecule has 0 aliphatic carbocycles. The molecular formula is C37H24N2O. The molecule has 0 spiro atoms. The molecule has 0 unspecified atom stereocenters. The van der Waals surface area contributed by atoms with Gasteiger partial charge < -0.3 is 13.6 Å². The largest absolute Gasteiger partial charge is 0.456 e. The van der Waals surface area contributed by atoms with Crippen LogP contribution < -0.4 is 0 Å². The van der Waals surface area contributed by atoms with E-state index in [1.807, 2.05) is 0 Å². The van der Waals surface area contributed by atoms with Crippen molar-refractivity contribution in [1.82, 2.24) is 9.13 Å². The number of nitrogens with zero attached hydrogens (tertiary/aromatic N) is 2. The Morgan fingerprint density at radius 1 is 0.450 bits per heavy atom. The first-order valence-corrected chi connectivity index (χ1v) is 13.7. The average molecular weight is 513 g/mol. The van der Waals surface area contributed by atoms with Crippen molar-refractivity contribution in [3.05, 3.63) is 133 Å². The van der Waals surface area contributed by atoms with Crippen LogP contribution in [-0.4, -0.2) is 9.13 Å². The van der Waals surface area contributed by atoms with Gasteiger partial charge in [0.15, 0.2) is 0 Å².